The van der Waals surface area contributed by atoms with Crippen molar-refractivity contribution in [2.75, 3.05) is 33.1 Å². The summed E-state index contributed by atoms with van der Waals surface area (Å²) in [6.45, 7) is 1.41. The van der Waals surface area contributed by atoms with Crippen molar-refractivity contribution in [3.05, 3.63) is 53.6 Å². The molecule has 2 N–H and O–H groups in total. The smallest absolute Gasteiger partial charge is 0.331 e. The molecular weight excluding hydrogens is 459 g/mol. The van der Waals surface area contributed by atoms with Crippen molar-refractivity contribution in [2.24, 2.45) is 0 Å². The number of urea groups is 1. The van der Waals surface area contributed by atoms with E-state index in [1.807, 2.05) is 19.0 Å². The van der Waals surface area contributed by atoms with Crippen LogP contribution in [0.2, 0.25) is 0 Å². The summed E-state index contributed by atoms with van der Waals surface area (Å²) in [7, 11) is 3.56. The highest BCUT2D eigenvalue weighted by molar-refractivity contribution is 7.83. The number of rotatable bonds is 8. The second-order valence-corrected chi connectivity index (χ2v) is 9.38. The van der Waals surface area contributed by atoms with Gasteiger partial charge < -0.3 is 15.0 Å². The lowest BCUT2D eigenvalue weighted by Gasteiger charge is -2.17. The van der Waals surface area contributed by atoms with E-state index in [0.29, 0.717) is 47.6 Å². The van der Waals surface area contributed by atoms with Gasteiger partial charge in [0.15, 0.2) is 16.0 Å². The first-order valence-corrected chi connectivity index (χ1v) is 12.0. The second-order valence-electron chi connectivity index (χ2n) is 8.22. The molecule has 0 fully saturated rings. The third-order valence-corrected chi connectivity index (χ3v) is 6.58. The van der Waals surface area contributed by atoms with Crippen LogP contribution >= 0.6 is 0 Å². The Morgan fingerprint density at radius 2 is 2.06 bits per heavy atom. The maximum Gasteiger partial charge on any atom is 0.331 e. The normalized spacial score (nSPS) is 13.6. The van der Waals surface area contributed by atoms with Gasteiger partial charge in [0, 0.05) is 30.6 Å². The molecule has 1 unspecified atom stereocenters. The molecule has 34 heavy (non-hydrogen) atoms. The minimum atomic E-state index is -1.85. The quantitative estimate of drug-likeness (QED) is 0.508. The van der Waals surface area contributed by atoms with Crippen LogP contribution in [0.15, 0.2) is 41.7 Å². The predicted octanol–water partition coefficient (Wildman–Crippen LogP) is 2.99. The molecule has 0 aliphatic heterocycles. The number of likely N-dealkylation sites (N-methyl/N-ethyl adjacent to an activating group) is 1. The Bertz CT molecular complexity index is 1230. The van der Waals surface area contributed by atoms with Crippen LogP contribution in [0.1, 0.15) is 17.5 Å². The van der Waals surface area contributed by atoms with E-state index in [4.69, 9.17) is 4.74 Å². The van der Waals surface area contributed by atoms with E-state index in [-0.39, 0.29) is 10.8 Å². The SMILES string of the molecule is COc1cc(-c2cc(F)c3c(c2NC(=O)NS(=O)c2ccn(CCN(C)C)n2)CCC3)ccn1. The number of benzene rings is 1. The summed E-state index contributed by atoms with van der Waals surface area (Å²) in [6, 6.07) is 5.76. The molecule has 3 aromatic rings. The number of nitrogens with one attached hydrogen (secondary N) is 2. The van der Waals surface area contributed by atoms with E-state index in [1.165, 1.54) is 13.2 Å². The van der Waals surface area contributed by atoms with Crippen molar-refractivity contribution in [3.8, 4) is 17.0 Å². The summed E-state index contributed by atoms with van der Waals surface area (Å²) in [6.07, 6.45) is 5.32. The first kappa shape index (κ1) is 23.8. The third kappa shape index (κ3) is 5.26. The van der Waals surface area contributed by atoms with Gasteiger partial charge >= 0.3 is 6.03 Å². The minimum Gasteiger partial charge on any atom is -0.481 e. The van der Waals surface area contributed by atoms with E-state index in [0.717, 1.165) is 18.5 Å². The number of methoxy groups -OCH3 is 1. The zero-order chi connectivity index (χ0) is 24.2. The van der Waals surface area contributed by atoms with Gasteiger partial charge in [0.25, 0.3) is 0 Å². The Hall–Kier alpha value is -3.31. The molecular formula is C23H27FN6O3S. The molecule has 1 aliphatic rings. The number of carbonyl (C=O) groups excluding carboxylic acids is 1. The molecule has 2 amide bonds. The zero-order valence-corrected chi connectivity index (χ0v) is 20.1. The number of nitrogens with zero attached hydrogens (tertiary/aromatic N) is 4. The maximum absolute atomic E-state index is 14.8. The predicted molar refractivity (Wildman–Crippen MR) is 128 cm³/mol. The molecule has 2 heterocycles. The van der Waals surface area contributed by atoms with Gasteiger partial charge in [0.1, 0.15) is 5.82 Å². The number of pyridine rings is 1. The topological polar surface area (TPSA) is 101 Å². The first-order chi connectivity index (χ1) is 16.4. The van der Waals surface area contributed by atoms with Crippen molar-refractivity contribution >= 4 is 22.7 Å². The number of aromatic nitrogens is 3. The summed E-state index contributed by atoms with van der Waals surface area (Å²) in [5, 5.41) is 7.33. The third-order valence-electron chi connectivity index (χ3n) is 5.61. The number of ether oxygens (including phenoxy) is 1. The maximum atomic E-state index is 14.8. The van der Waals surface area contributed by atoms with Crippen LogP contribution in [-0.4, -0.2) is 57.7 Å². The fraction of sp³-hybridized carbons (Fsp3) is 0.348. The second kappa shape index (κ2) is 10.3. The average Bonchev–Trinajstić information content (AvgIpc) is 3.50. The van der Waals surface area contributed by atoms with Gasteiger partial charge in [-0.1, -0.05) is 0 Å². The summed E-state index contributed by atoms with van der Waals surface area (Å²) >= 11 is 0. The van der Waals surface area contributed by atoms with Crippen molar-refractivity contribution in [1.29, 1.82) is 0 Å². The highest BCUT2D eigenvalue weighted by Gasteiger charge is 2.25. The fourth-order valence-electron chi connectivity index (χ4n) is 3.94. The standard InChI is InChI=1S/C23H27FN6O3S/c1-29(2)11-12-30-10-8-21(27-30)34(32)28-23(31)26-22-17-6-4-5-16(17)19(24)14-18(22)15-7-9-25-20(13-15)33-3/h7-10,13-14H,4-6,11-12H2,1-3H3,(H2,26,28,31). The Labute approximate surface area is 199 Å². The summed E-state index contributed by atoms with van der Waals surface area (Å²) in [5.74, 6) is 0.0656. The molecule has 0 spiro atoms. The zero-order valence-electron chi connectivity index (χ0n) is 19.3. The van der Waals surface area contributed by atoms with Crippen LogP contribution in [0.5, 0.6) is 5.88 Å². The van der Waals surface area contributed by atoms with Gasteiger partial charge in [0.05, 0.1) is 19.3 Å². The first-order valence-electron chi connectivity index (χ1n) is 10.9. The molecule has 2 aromatic heterocycles. The lowest BCUT2D eigenvalue weighted by Crippen LogP contribution is -2.31. The summed E-state index contributed by atoms with van der Waals surface area (Å²) in [5.41, 5.74) is 3.00. The largest absolute Gasteiger partial charge is 0.481 e. The van der Waals surface area contributed by atoms with Crippen LogP contribution in [0.4, 0.5) is 14.9 Å². The molecule has 0 radical (unpaired) electrons. The van der Waals surface area contributed by atoms with E-state index >= 15 is 0 Å². The van der Waals surface area contributed by atoms with Gasteiger partial charge in [-0.05, 0) is 68.2 Å². The van der Waals surface area contributed by atoms with Crippen LogP contribution < -0.4 is 14.8 Å². The van der Waals surface area contributed by atoms with E-state index in [2.05, 4.69) is 20.1 Å². The Morgan fingerprint density at radius 1 is 1.26 bits per heavy atom. The molecule has 0 saturated heterocycles. The monoisotopic (exact) mass is 486 g/mol. The van der Waals surface area contributed by atoms with E-state index in [9.17, 15) is 13.4 Å². The van der Waals surface area contributed by atoms with Crippen molar-refractivity contribution < 1.29 is 18.1 Å². The van der Waals surface area contributed by atoms with E-state index in [1.54, 1.807) is 35.3 Å². The fourth-order valence-corrected chi connectivity index (χ4v) is 4.62. The Kier molecular flexibility index (Phi) is 7.23. The number of hydrogen-bond donors (Lipinski definition) is 2. The summed E-state index contributed by atoms with van der Waals surface area (Å²) < 4.78 is 36.8. The van der Waals surface area contributed by atoms with E-state index < -0.39 is 17.0 Å². The van der Waals surface area contributed by atoms with Crippen LogP contribution in [-0.2, 0) is 30.4 Å². The molecule has 0 saturated carbocycles. The Morgan fingerprint density at radius 3 is 2.82 bits per heavy atom. The van der Waals surface area contributed by atoms with Crippen LogP contribution in [0.25, 0.3) is 11.1 Å². The molecule has 180 valence electrons. The van der Waals surface area contributed by atoms with Gasteiger partial charge in [-0.2, -0.15) is 5.10 Å². The molecule has 0 bridgehead atoms. The highest BCUT2D eigenvalue weighted by atomic mass is 32.2. The van der Waals surface area contributed by atoms with Crippen molar-refractivity contribution in [3.63, 3.8) is 0 Å². The molecule has 1 atom stereocenters. The van der Waals surface area contributed by atoms with Crippen LogP contribution in [0.3, 0.4) is 0 Å². The molecule has 4 rings (SSSR count). The number of fused-ring (bicyclic) bond motifs is 1. The molecule has 1 aromatic carbocycles. The molecule has 11 heteroatoms. The van der Waals surface area contributed by atoms with Crippen molar-refractivity contribution in [1.82, 2.24) is 24.4 Å². The number of hydrogen-bond acceptors (Lipinski definition) is 6. The van der Waals surface area contributed by atoms with Gasteiger partial charge in [-0.25, -0.2) is 18.4 Å². The highest BCUT2D eigenvalue weighted by Crippen LogP contribution is 2.39. The average molecular weight is 487 g/mol. The lowest BCUT2D eigenvalue weighted by molar-refractivity contribution is 0.257. The molecule has 9 nitrogen and oxygen atoms in total. The number of anilines is 1. The number of halogens is 1. The van der Waals surface area contributed by atoms with Crippen LogP contribution in [0, 0.1) is 5.82 Å². The van der Waals surface area contributed by atoms with Gasteiger partial charge in [0.2, 0.25) is 5.88 Å². The number of carbonyl (C=O) groups is 1. The molecule has 1 aliphatic carbocycles. The summed E-state index contributed by atoms with van der Waals surface area (Å²) in [4.78, 5) is 18.9. The van der Waals surface area contributed by atoms with Gasteiger partial charge in [-0.15, -0.1) is 0 Å². The van der Waals surface area contributed by atoms with Gasteiger partial charge in [-0.3, -0.25) is 9.40 Å². The lowest BCUT2D eigenvalue weighted by atomic mass is 9.97. The minimum absolute atomic E-state index is 0.248. The number of amides is 2. The Balaban J connectivity index is 1.56. The van der Waals surface area contributed by atoms with Crippen molar-refractivity contribution in [2.45, 2.75) is 30.8 Å².